The van der Waals surface area contributed by atoms with E-state index in [1.807, 2.05) is 42.5 Å². The van der Waals surface area contributed by atoms with Gasteiger partial charge in [-0.25, -0.2) is 0 Å². The van der Waals surface area contributed by atoms with E-state index in [2.05, 4.69) is 5.16 Å². The molecule has 0 amide bonds. The standard InChI is InChI=1S/C15H12N2O2S/c18-17-9-5-4-8-15(17)20-11-13-10-14(16-19-13)12-6-2-1-3-7-12/h1-10H,11H2. The number of pyridine rings is 1. The maximum Gasteiger partial charge on any atom is 0.251 e. The van der Waals surface area contributed by atoms with Crippen molar-refractivity contribution in [3.8, 4) is 11.3 Å². The van der Waals surface area contributed by atoms with Crippen LogP contribution in [0.25, 0.3) is 11.3 Å². The Morgan fingerprint density at radius 3 is 2.70 bits per heavy atom. The lowest BCUT2D eigenvalue weighted by Gasteiger charge is -2.00. The second-order valence-corrected chi connectivity index (χ2v) is 5.19. The van der Waals surface area contributed by atoms with E-state index >= 15 is 0 Å². The molecular formula is C15H12N2O2S. The number of hydrogen-bond donors (Lipinski definition) is 0. The number of nitrogens with zero attached hydrogens (tertiary/aromatic N) is 2. The molecule has 0 fully saturated rings. The molecule has 0 N–H and O–H groups in total. The molecule has 0 radical (unpaired) electrons. The Morgan fingerprint density at radius 2 is 1.90 bits per heavy atom. The highest BCUT2D eigenvalue weighted by atomic mass is 32.2. The van der Waals surface area contributed by atoms with E-state index in [9.17, 15) is 5.21 Å². The smallest absolute Gasteiger partial charge is 0.251 e. The van der Waals surface area contributed by atoms with Crippen molar-refractivity contribution in [2.75, 3.05) is 0 Å². The monoisotopic (exact) mass is 284 g/mol. The summed E-state index contributed by atoms with van der Waals surface area (Å²) in [6.07, 6.45) is 1.48. The molecular weight excluding hydrogens is 272 g/mol. The summed E-state index contributed by atoms with van der Waals surface area (Å²) in [5.74, 6) is 1.32. The van der Waals surface area contributed by atoms with Gasteiger partial charge in [-0.2, -0.15) is 4.73 Å². The maximum absolute atomic E-state index is 11.5. The summed E-state index contributed by atoms with van der Waals surface area (Å²) in [5, 5.41) is 16.2. The van der Waals surface area contributed by atoms with Crippen molar-refractivity contribution in [3.05, 3.63) is 71.8 Å². The Kier molecular flexibility index (Phi) is 3.69. The Morgan fingerprint density at radius 1 is 1.10 bits per heavy atom. The summed E-state index contributed by atoms with van der Waals surface area (Å²) in [6, 6.07) is 17.1. The molecule has 20 heavy (non-hydrogen) atoms. The third kappa shape index (κ3) is 2.83. The van der Waals surface area contributed by atoms with Crippen LogP contribution in [0.1, 0.15) is 5.76 Å². The molecule has 2 aromatic heterocycles. The highest BCUT2D eigenvalue weighted by Crippen LogP contribution is 2.23. The average molecular weight is 284 g/mol. The van der Waals surface area contributed by atoms with Crippen LogP contribution >= 0.6 is 11.8 Å². The summed E-state index contributed by atoms with van der Waals surface area (Å²) >= 11 is 1.43. The van der Waals surface area contributed by atoms with Crippen molar-refractivity contribution in [1.82, 2.24) is 5.16 Å². The van der Waals surface area contributed by atoms with Crippen molar-refractivity contribution in [2.24, 2.45) is 0 Å². The van der Waals surface area contributed by atoms with E-state index in [0.29, 0.717) is 10.8 Å². The Labute approximate surface area is 120 Å². The first-order valence-electron chi connectivity index (χ1n) is 6.15. The van der Waals surface area contributed by atoms with E-state index in [1.165, 1.54) is 18.0 Å². The number of aromatic nitrogens is 2. The number of benzene rings is 1. The van der Waals surface area contributed by atoms with Crippen LogP contribution in [0.3, 0.4) is 0 Å². The highest BCUT2D eigenvalue weighted by molar-refractivity contribution is 7.98. The molecule has 5 heteroatoms. The van der Waals surface area contributed by atoms with Crippen LogP contribution in [0.5, 0.6) is 0 Å². The number of thioether (sulfide) groups is 1. The molecule has 3 aromatic rings. The van der Waals surface area contributed by atoms with Crippen molar-refractivity contribution in [3.63, 3.8) is 0 Å². The predicted molar refractivity (Wildman–Crippen MR) is 76.9 cm³/mol. The van der Waals surface area contributed by atoms with Gasteiger partial charge in [-0.1, -0.05) is 35.5 Å². The van der Waals surface area contributed by atoms with Gasteiger partial charge in [-0.05, 0) is 17.8 Å². The van der Waals surface area contributed by atoms with Gasteiger partial charge in [-0.3, -0.25) is 0 Å². The van der Waals surface area contributed by atoms with Crippen LogP contribution in [-0.2, 0) is 5.75 Å². The van der Waals surface area contributed by atoms with E-state index in [-0.39, 0.29) is 0 Å². The largest absolute Gasteiger partial charge is 0.618 e. The van der Waals surface area contributed by atoms with Gasteiger partial charge in [0.1, 0.15) is 11.5 Å². The fourth-order valence-corrected chi connectivity index (χ4v) is 2.58. The van der Waals surface area contributed by atoms with Gasteiger partial charge in [0.25, 0.3) is 5.03 Å². The van der Waals surface area contributed by atoms with Gasteiger partial charge < -0.3 is 9.73 Å². The van der Waals surface area contributed by atoms with E-state index in [1.54, 1.807) is 12.1 Å². The first kappa shape index (κ1) is 12.7. The summed E-state index contributed by atoms with van der Waals surface area (Å²) in [7, 11) is 0. The average Bonchev–Trinajstić information content (AvgIpc) is 2.96. The van der Waals surface area contributed by atoms with E-state index < -0.39 is 0 Å². The Balaban J connectivity index is 1.71. The molecule has 0 aliphatic rings. The lowest BCUT2D eigenvalue weighted by molar-refractivity contribution is -0.645. The first-order valence-corrected chi connectivity index (χ1v) is 7.13. The zero-order chi connectivity index (χ0) is 13.8. The molecule has 0 bridgehead atoms. The van der Waals surface area contributed by atoms with Gasteiger partial charge in [0.2, 0.25) is 0 Å². The third-order valence-electron chi connectivity index (χ3n) is 2.78. The maximum atomic E-state index is 11.5. The molecule has 0 saturated carbocycles. The van der Waals surface area contributed by atoms with Gasteiger partial charge >= 0.3 is 0 Å². The topological polar surface area (TPSA) is 53.0 Å². The lowest BCUT2D eigenvalue weighted by Crippen LogP contribution is -2.27. The molecule has 4 nitrogen and oxygen atoms in total. The zero-order valence-electron chi connectivity index (χ0n) is 10.6. The normalized spacial score (nSPS) is 10.6. The zero-order valence-corrected chi connectivity index (χ0v) is 11.4. The third-order valence-corrected chi connectivity index (χ3v) is 3.82. The fourth-order valence-electron chi connectivity index (χ4n) is 1.80. The van der Waals surface area contributed by atoms with Crippen LogP contribution in [0.4, 0.5) is 0 Å². The minimum Gasteiger partial charge on any atom is -0.618 e. The predicted octanol–water partition coefficient (Wildman–Crippen LogP) is 3.27. The lowest BCUT2D eigenvalue weighted by atomic mass is 10.1. The first-order chi connectivity index (χ1) is 9.83. The second kappa shape index (κ2) is 5.79. The van der Waals surface area contributed by atoms with Crippen LogP contribution in [0.15, 0.2) is 70.3 Å². The fraction of sp³-hybridized carbons (Fsp3) is 0.0667. The molecule has 2 heterocycles. The molecule has 0 atom stereocenters. The summed E-state index contributed by atoms with van der Waals surface area (Å²) in [5.41, 5.74) is 1.83. The molecule has 100 valence electrons. The molecule has 0 spiro atoms. The summed E-state index contributed by atoms with van der Waals surface area (Å²) in [6.45, 7) is 0. The van der Waals surface area contributed by atoms with Crippen molar-refractivity contribution < 1.29 is 9.25 Å². The second-order valence-electron chi connectivity index (χ2n) is 4.20. The SMILES string of the molecule is [O-][n+]1ccccc1SCc1cc(-c2ccccc2)no1. The van der Waals surface area contributed by atoms with Gasteiger partial charge in [0.15, 0.2) is 6.20 Å². The molecule has 3 rings (SSSR count). The van der Waals surface area contributed by atoms with Crippen LogP contribution in [0.2, 0.25) is 0 Å². The number of rotatable bonds is 4. The van der Waals surface area contributed by atoms with Crippen molar-refractivity contribution >= 4 is 11.8 Å². The Hall–Kier alpha value is -2.27. The van der Waals surface area contributed by atoms with Crippen molar-refractivity contribution in [2.45, 2.75) is 10.8 Å². The molecule has 1 aromatic carbocycles. The molecule has 0 aliphatic heterocycles. The molecule has 0 unspecified atom stereocenters. The van der Waals surface area contributed by atoms with E-state index in [4.69, 9.17) is 4.52 Å². The van der Waals surface area contributed by atoms with E-state index in [0.717, 1.165) is 21.7 Å². The minimum absolute atomic E-state index is 0.575. The highest BCUT2D eigenvalue weighted by Gasteiger charge is 2.10. The van der Waals surface area contributed by atoms with Crippen molar-refractivity contribution in [1.29, 1.82) is 0 Å². The quantitative estimate of drug-likeness (QED) is 0.419. The van der Waals surface area contributed by atoms with Gasteiger partial charge in [-0.15, -0.1) is 0 Å². The number of hydrogen-bond acceptors (Lipinski definition) is 4. The molecule has 0 aliphatic carbocycles. The summed E-state index contributed by atoms with van der Waals surface area (Å²) in [4.78, 5) is 0. The van der Waals surface area contributed by atoms with Crippen LogP contribution in [-0.4, -0.2) is 5.16 Å². The van der Waals surface area contributed by atoms with Crippen LogP contribution in [0, 0.1) is 5.21 Å². The minimum atomic E-state index is 0.575. The Bertz CT molecular complexity index is 698. The molecule has 0 saturated heterocycles. The van der Waals surface area contributed by atoms with Gasteiger partial charge in [0.05, 0.1) is 5.75 Å². The summed E-state index contributed by atoms with van der Waals surface area (Å²) < 4.78 is 6.14. The van der Waals surface area contributed by atoms with Gasteiger partial charge in [0, 0.05) is 23.8 Å². The van der Waals surface area contributed by atoms with Crippen LogP contribution < -0.4 is 4.73 Å².